The van der Waals surface area contributed by atoms with Crippen LogP contribution in [0.3, 0.4) is 0 Å². The van der Waals surface area contributed by atoms with E-state index in [0.717, 1.165) is 24.0 Å². The van der Waals surface area contributed by atoms with E-state index in [1.165, 1.54) is 6.33 Å². The Labute approximate surface area is 216 Å². The number of benzene rings is 2. The maximum Gasteiger partial charge on any atom is 0.255 e. The number of amides is 1. The van der Waals surface area contributed by atoms with Gasteiger partial charge in [-0.15, -0.1) is 0 Å². The molecule has 9 nitrogen and oxygen atoms in total. The smallest absolute Gasteiger partial charge is 0.255 e. The third kappa shape index (κ3) is 6.50. The highest BCUT2D eigenvalue weighted by atomic mass is 16.5. The molecule has 0 saturated heterocycles. The maximum absolute atomic E-state index is 12.6. The molecule has 1 amide bonds. The van der Waals surface area contributed by atoms with Gasteiger partial charge in [0, 0.05) is 31.8 Å². The minimum Gasteiger partial charge on any atom is -0.496 e. The van der Waals surface area contributed by atoms with Gasteiger partial charge in [0.2, 0.25) is 0 Å². The van der Waals surface area contributed by atoms with Crippen LogP contribution in [0.4, 0.5) is 11.6 Å². The van der Waals surface area contributed by atoms with Gasteiger partial charge in [-0.1, -0.05) is 48.6 Å². The van der Waals surface area contributed by atoms with Crippen LogP contribution >= 0.6 is 0 Å². The summed E-state index contributed by atoms with van der Waals surface area (Å²) in [5.41, 5.74) is 3.02. The second-order valence-electron chi connectivity index (χ2n) is 8.58. The van der Waals surface area contributed by atoms with Crippen molar-refractivity contribution in [2.24, 2.45) is 0 Å². The highest BCUT2D eigenvalue weighted by Gasteiger charge is 2.20. The van der Waals surface area contributed by atoms with Gasteiger partial charge in [0.05, 0.1) is 30.6 Å². The molecule has 0 aliphatic heterocycles. The minimum absolute atomic E-state index is 0.169. The molecule has 1 aromatic heterocycles. The lowest BCUT2D eigenvalue weighted by molar-refractivity contribution is 0.0948. The molecule has 1 heterocycles. The van der Waals surface area contributed by atoms with Crippen molar-refractivity contribution >= 4 is 23.3 Å². The molecule has 0 radical (unpaired) electrons. The predicted octanol–water partition coefficient (Wildman–Crippen LogP) is 4.02. The van der Waals surface area contributed by atoms with Gasteiger partial charge in [0.25, 0.3) is 5.91 Å². The predicted molar refractivity (Wildman–Crippen MR) is 145 cm³/mol. The zero-order valence-electron chi connectivity index (χ0n) is 21.1. The molecule has 4 N–H and O–H groups in total. The van der Waals surface area contributed by atoms with Crippen molar-refractivity contribution in [1.82, 2.24) is 15.3 Å². The number of anilines is 2. The van der Waals surface area contributed by atoms with E-state index in [1.807, 2.05) is 30.3 Å². The Kier molecular flexibility index (Phi) is 8.83. The topological polar surface area (TPSA) is 121 Å². The van der Waals surface area contributed by atoms with E-state index in [4.69, 9.17) is 14.9 Å². The SMILES string of the molecule is COCCNc1ncnc(NC2C=CCC2)c1C(=N)c1ccc(CNC(=O)c2ccccc2OC)cc1. The lowest BCUT2D eigenvalue weighted by atomic mass is 10.0. The average molecular weight is 501 g/mol. The maximum atomic E-state index is 12.6. The second-order valence-corrected chi connectivity index (χ2v) is 8.58. The fourth-order valence-electron chi connectivity index (χ4n) is 4.11. The van der Waals surface area contributed by atoms with E-state index < -0.39 is 0 Å². The molecule has 0 spiro atoms. The molecule has 9 heteroatoms. The lowest BCUT2D eigenvalue weighted by Gasteiger charge is -2.19. The lowest BCUT2D eigenvalue weighted by Crippen LogP contribution is -2.23. The minimum atomic E-state index is -0.209. The Balaban J connectivity index is 1.50. The van der Waals surface area contributed by atoms with Crippen molar-refractivity contribution < 1.29 is 14.3 Å². The van der Waals surface area contributed by atoms with Crippen LogP contribution in [0.2, 0.25) is 0 Å². The van der Waals surface area contributed by atoms with E-state index in [9.17, 15) is 4.79 Å². The van der Waals surface area contributed by atoms with Crippen LogP contribution in [-0.4, -0.2) is 55.0 Å². The van der Waals surface area contributed by atoms with E-state index in [0.29, 0.717) is 53.9 Å². The number of methoxy groups -OCH3 is 2. The standard InChI is InChI=1S/C28H32N6O3/c1-36-16-15-30-26-24(27(33-18-32-26)34-21-7-3-4-8-21)25(29)20-13-11-19(12-14-20)17-31-28(35)22-9-5-6-10-23(22)37-2/h3,5-7,9-14,18,21,29H,4,8,15-17H2,1-2H3,(H,31,35)(H2,30,32,33,34). The summed E-state index contributed by atoms with van der Waals surface area (Å²) < 4.78 is 10.4. The van der Waals surface area contributed by atoms with Gasteiger partial charge < -0.3 is 25.4 Å². The first-order valence-electron chi connectivity index (χ1n) is 12.2. The summed E-state index contributed by atoms with van der Waals surface area (Å²) in [7, 11) is 3.19. The van der Waals surface area contributed by atoms with Crippen molar-refractivity contribution in [3.8, 4) is 5.75 Å². The van der Waals surface area contributed by atoms with E-state index >= 15 is 0 Å². The highest BCUT2D eigenvalue weighted by Crippen LogP contribution is 2.26. The number of hydrogen-bond acceptors (Lipinski definition) is 8. The number of nitrogens with zero attached hydrogens (tertiary/aromatic N) is 2. The molecule has 0 fully saturated rings. The normalized spacial score (nSPS) is 14.3. The summed E-state index contributed by atoms with van der Waals surface area (Å²) in [4.78, 5) is 21.5. The molecule has 4 rings (SSSR count). The fraction of sp³-hybridized carbons (Fsp3) is 0.286. The zero-order valence-corrected chi connectivity index (χ0v) is 21.1. The summed E-state index contributed by atoms with van der Waals surface area (Å²) in [5.74, 6) is 1.51. The van der Waals surface area contributed by atoms with Crippen LogP contribution in [0.15, 0.2) is 67.0 Å². The van der Waals surface area contributed by atoms with Gasteiger partial charge in [0.15, 0.2) is 0 Å². The number of hydrogen-bond donors (Lipinski definition) is 4. The summed E-state index contributed by atoms with van der Waals surface area (Å²) in [5, 5.41) is 18.7. The van der Waals surface area contributed by atoms with Crippen LogP contribution < -0.4 is 20.7 Å². The second kappa shape index (κ2) is 12.6. The van der Waals surface area contributed by atoms with Crippen molar-refractivity contribution in [1.29, 1.82) is 5.41 Å². The fourth-order valence-corrected chi connectivity index (χ4v) is 4.11. The first-order valence-corrected chi connectivity index (χ1v) is 12.2. The number of nitrogens with one attached hydrogen (secondary N) is 4. The largest absolute Gasteiger partial charge is 0.496 e. The summed E-state index contributed by atoms with van der Waals surface area (Å²) in [6.45, 7) is 1.42. The molecule has 37 heavy (non-hydrogen) atoms. The van der Waals surface area contributed by atoms with E-state index in [1.54, 1.807) is 32.4 Å². The van der Waals surface area contributed by atoms with Gasteiger partial charge in [-0.3, -0.25) is 10.2 Å². The number of ether oxygens (including phenoxy) is 2. The van der Waals surface area contributed by atoms with Crippen LogP contribution in [0.1, 0.15) is 39.9 Å². The number of para-hydroxylation sites is 1. The molecular formula is C28H32N6O3. The third-order valence-corrected chi connectivity index (χ3v) is 6.08. The summed E-state index contributed by atoms with van der Waals surface area (Å²) >= 11 is 0. The van der Waals surface area contributed by atoms with Gasteiger partial charge in [0.1, 0.15) is 23.7 Å². The Morgan fingerprint density at radius 2 is 1.86 bits per heavy atom. The van der Waals surface area contributed by atoms with Crippen LogP contribution in [0.25, 0.3) is 0 Å². The Morgan fingerprint density at radius 1 is 1.08 bits per heavy atom. The van der Waals surface area contributed by atoms with Gasteiger partial charge in [-0.05, 0) is 30.5 Å². The van der Waals surface area contributed by atoms with Crippen molar-refractivity contribution in [3.05, 3.63) is 89.3 Å². The average Bonchev–Trinajstić information content (AvgIpc) is 3.45. The van der Waals surface area contributed by atoms with Crippen molar-refractivity contribution in [3.63, 3.8) is 0 Å². The molecule has 192 valence electrons. The van der Waals surface area contributed by atoms with E-state index in [2.05, 4.69) is 38.1 Å². The summed E-state index contributed by atoms with van der Waals surface area (Å²) in [6, 6.07) is 14.8. The first kappa shape index (κ1) is 25.8. The van der Waals surface area contributed by atoms with E-state index in [-0.39, 0.29) is 11.9 Å². The van der Waals surface area contributed by atoms with Crippen LogP contribution in [0, 0.1) is 5.41 Å². The molecule has 0 bridgehead atoms. The Hall–Kier alpha value is -4.24. The molecule has 1 unspecified atom stereocenters. The number of allylic oxidation sites excluding steroid dienone is 1. The summed E-state index contributed by atoms with van der Waals surface area (Å²) in [6.07, 6.45) is 7.77. The number of rotatable bonds is 12. The highest BCUT2D eigenvalue weighted by molar-refractivity contribution is 6.16. The van der Waals surface area contributed by atoms with Crippen molar-refractivity contribution in [2.45, 2.75) is 25.4 Å². The quantitative estimate of drug-likeness (QED) is 0.168. The van der Waals surface area contributed by atoms with Crippen LogP contribution in [0.5, 0.6) is 5.75 Å². The molecule has 1 atom stereocenters. The number of carbonyl (C=O) groups is 1. The zero-order chi connectivity index (χ0) is 26.0. The number of carbonyl (C=O) groups excluding carboxylic acids is 1. The molecule has 1 aliphatic rings. The third-order valence-electron chi connectivity index (χ3n) is 6.08. The Morgan fingerprint density at radius 3 is 2.59 bits per heavy atom. The molecule has 0 saturated carbocycles. The number of aromatic nitrogens is 2. The Bertz CT molecular complexity index is 1260. The van der Waals surface area contributed by atoms with Gasteiger partial charge in [-0.2, -0.15) is 0 Å². The molecule has 2 aromatic carbocycles. The molecule has 1 aliphatic carbocycles. The van der Waals surface area contributed by atoms with Gasteiger partial charge in [-0.25, -0.2) is 9.97 Å². The first-order chi connectivity index (χ1) is 18.1. The van der Waals surface area contributed by atoms with Gasteiger partial charge >= 0.3 is 0 Å². The van der Waals surface area contributed by atoms with Crippen LogP contribution in [-0.2, 0) is 11.3 Å². The monoisotopic (exact) mass is 500 g/mol. The molecular weight excluding hydrogens is 468 g/mol. The molecule has 3 aromatic rings. The van der Waals surface area contributed by atoms with Crippen molar-refractivity contribution in [2.75, 3.05) is 38.0 Å².